The van der Waals surface area contributed by atoms with Gasteiger partial charge in [-0.15, -0.1) is 24.8 Å². The highest BCUT2D eigenvalue weighted by Crippen LogP contribution is 2.35. The van der Waals surface area contributed by atoms with Crippen LogP contribution in [0.4, 0.5) is 5.69 Å². The number of rotatable bonds is 3. The maximum absolute atomic E-state index is 11.3. The molecular formula is C13H14Cl2N4O5. The van der Waals surface area contributed by atoms with E-state index in [0.717, 1.165) is 0 Å². The van der Waals surface area contributed by atoms with Crippen LogP contribution in [-0.4, -0.2) is 37.1 Å². The van der Waals surface area contributed by atoms with Crippen LogP contribution >= 0.6 is 24.8 Å². The van der Waals surface area contributed by atoms with E-state index in [2.05, 4.69) is 15.3 Å². The lowest BCUT2D eigenvalue weighted by atomic mass is 9.93. The first-order valence-electron chi connectivity index (χ1n) is 6.45. The van der Waals surface area contributed by atoms with Crippen molar-refractivity contribution in [1.29, 1.82) is 0 Å². The Morgan fingerprint density at radius 2 is 2.08 bits per heavy atom. The summed E-state index contributed by atoms with van der Waals surface area (Å²) in [5.74, 6) is -1.21. The minimum atomic E-state index is -1.05. The molecule has 9 nitrogen and oxygen atoms in total. The second kappa shape index (κ2) is 7.47. The molecule has 1 aliphatic rings. The summed E-state index contributed by atoms with van der Waals surface area (Å²) in [4.78, 5) is 28.6. The van der Waals surface area contributed by atoms with Gasteiger partial charge in [-0.1, -0.05) is 0 Å². The molecule has 1 aromatic heterocycles. The standard InChI is InChI=1S/C13H12N4O5.2ClH/c18-10-2-1-6(17(21)22)3-7(10)11-12-8(14-5-15-12)4-9(16-11)13(19)20;;/h1-3,5,9,11,16,18H,4H2,(H,14,15)(H,19,20);2*1H. The minimum absolute atomic E-state index is 0. The molecule has 24 heavy (non-hydrogen) atoms. The Balaban J connectivity index is 0.00000144. The van der Waals surface area contributed by atoms with Crippen LogP contribution in [-0.2, 0) is 11.2 Å². The van der Waals surface area contributed by atoms with Crippen molar-refractivity contribution < 1.29 is 19.9 Å². The second-order valence-corrected chi connectivity index (χ2v) is 4.96. The first-order chi connectivity index (χ1) is 10.5. The Labute approximate surface area is 148 Å². The van der Waals surface area contributed by atoms with Crippen molar-refractivity contribution in [3.63, 3.8) is 0 Å². The summed E-state index contributed by atoms with van der Waals surface area (Å²) in [6, 6.07) is 2.00. The number of nitrogens with zero attached hydrogens (tertiary/aromatic N) is 2. The van der Waals surface area contributed by atoms with E-state index in [0.29, 0.717) is 11.4 Å². The van der Waals surface area contributed by atoms with Gasteiger partial charge in [0.05, 0.1) is 23.0 Å². The van der Waals surface area contributed by atoms with Crippen LogP contribution in [0.15, 0.2) is 24.5 Å². The SMILES string of the molecule is Cl.Cl.O=C(O)C1Cc2[nH]cnc2C(c2cc([N+](=O)[O-])ccc2O)N1. The lowest BCUT2D eigenvalue weighted by molar-refractivity contribution is -0.385. The molecule has 0 radical (unpaired) electrons. The van der Waals surface area contributed by atoms with Crippen LogP contribution in [0.25, 0.3) is 0 Å². The molecule has 0 bridgehead atoms. The number of phenolic OH excluding ortho intramolecular Hbond substituents is 1. The van der Waals surface area contributed by atoms with Crippen LogP contribution in [0.1, 0.15) is 23.0 Å². The fourth-order valence-electron chi connectivity index (χ4n) is 2.57. The zero-order chi connectivity index (χ0) is 15.9. The molecule has 1 aromatic carbocycles. The summed E-state index contributed by atoms with van der Waals surface area (Å²) in [7, 11) is 0. The number of non-ortho nitro benzene ring substituents is 1. The number of H-pyrrole nitrogens is 1. The highest BCUT2D eigenvalue weighted by Gasteiger charge is 2.34. The number of nitro groups is 1. The molecule has 4 N–H and O–H groups in total. The molecule has 11 heteroatoms. The van der Waals surface area contributed by atoms with Crippen molar-refractivity contribution in [3.8, 4) is 5.75 Å². The molecule has 3 rings (SSSR count). The number of aromatic nitrogens is 2. The van der Waals surface area contributed by atoms with E-state index in [-0.39, 0.29) is 48.2 Å². The molecule has 1 aliphatic heterocycles. The first-order valence-corrected chi connectivity index (χ1v) is 6.45. The molecule has 0 saturated heterocycles. The average molecular weight is 377 g/mol. The number of nitrogens with one attached hydrogen (secondary N) is 2. The van der Waals surface area contributed by atoms with Crippen molar-refractivity contribution >= 4 is 36.5 Å². The highest BCUT2D eigenvalue weighted by molar-refractivity contribution is 5.85. The van der Waals surface area contributed by atoms with Gasteiger partial charge in [0, 0.05) is 29.8 Å². The third-order valence-electron chi connectivity index (χ3n) is 3.63. The molecule has 0 fully saturated rings. The van der Waals surface area contributed by atoms with Crippen molar-refractivity contribution in [2.75, 3.05) is 0 Å². The van der Waals surface area contributed by atoms with Gasteiger partial charge in [0.2, 0.25) is 0 Å². The van der Waals surface area contributed by atoms with Gasteiger partial charge >= 0.3 is 5.97 Å². The van der Waals surface area contributed by atoms with E-state index in [1.807, 2.05) is 0 Å². The number of halogens is 2. The molecule has 0 saturated carbocycles. The smallest absolute Gasteiger partial charge is 0.321 e. The van der Waals surface area contributed by atoms with Gasteiger partial charge in [-0.2, -0.15) is 0 Å². The molecule has 130 valence electrons. The van der Waals surface area contributed by atoms with Gasteiger partial charge in [-0.25, -0.2) is 4.98 Å². The second-order valence-electron chi connectivity index (χ2n) is 4.96. The Bertz CT molecular complexity index is 767. The van der Waals surface area contributed by atoms with E-state index in [1.165, 1.54) is 24.5 Å². The van der Waals surface area contributed by atoms with Crippen molar-refractivity contribution in [3.05, 3.63) is 51.6 Å². The number of benzene rings is 1. The summed E-state index contributed by atoms with van der Waals surface area (Å²) in [6.45, 7) is 0. The lowest BCUT2D eigenvalue weighted by Gasteiger charge is -2.28. The van der Waals surface area contributed by atoms with E-state index < -0.39 is 23.0 Å². The normalized spacial score (nSPS) is 18.7. The monoisotopic (exact) mass is 376 g/mol. The minimum Gasteiger partial charge on any atom is -0.508 e. The van der Waals surface area contributed by atoms with E-state index in [1.54, 1.807) is 0 Å². The molecule has 2 atom stereocenters. The van der Waals surface area contributed by atoms with E-state index in [4.69, 9.17) is 0 Å². The Morgan fingerprint density at radius 3 is 2.71 bits per heavy atom. The molecule has 2 unspecified atom stereocenters. The quantitative estimate of drug-likeness (QED) is 0.470. The maximum Gasteiger partial charge on any atom is 0.321 e. The number of phenols is 1. The number of carbonyl (C=O) groups is 1. The number of carboxylic acid groups (broad SMARTS) is 1. The molecule has 0 amide bonds. The van der Waals surface area contributed by atoms with Crippen molar-refractivity contribution in [2.45, 2.75) is 18.5 Å². The van der Waals surface area contributed by atoms with Gasteiger partial charge < -0.3 is 15.2 Å². The fourth-order valence-corrected chi connectivity index (χ4v) is 2.57. The number of hydrogen-bond donors (Lipinski definition) is 4. The predicted molar refractivity (Wildman–Crippen MR) is 88.0 cm³/mol. The summed E-state index contributed by atoms with van der Waals surface area (Å²) in [6.07, 6.45) is 1.65. The van der Waals surface area contributed by atoms with Crippen LogP contribution < -0.4 is 5.32 Å². The Kier molecular flexibility index (Phi) is 6.13. The number of carboxylic acids is 1. The molecule has 0 spiro atoms. The topological polar surface area (TPSA) is 141 Å². The summed E-state index contributed by atoms with van der Waals surface area (Å²) >= 11 is 0. The lowest BCUT2D eigenvalue weighted by Crippen LogP contribution is -2.45. The van der Waals surface area contributed by atoms with Gasteiger partial charge in [0.15, 0.2) is 0 Å². The van der Waals surface area contributed by atoms with Crippen LogP contribution in [0.3, 0.4) is 0 Å². The van der Waals surface area contributed by atoms with Crippen LogP contribution in [0, 0.1) is 10.1 Å². The van der Waals surface area contributed by atoms with E-state index >= 15 is 0 Å². The number of imidazole rings is 1. The number of fused-ring (bicyclic) bond motifs is 1. The third kappa shape index (κ3) is 3.42. The fraction of sp³-hybridized carbons (Fsp3) is 0.231. The summed E-state index contributed by atoms with van der Waals surface area (Å²) < 4.78 is 0. The average Bonchev–Trinajstić information content (AvgIpc) is 2.94. The Morgan fingerprint density at radius 1 is 1.38 bits per heavy atom. The summed E-state index contributed by atoms with van der Waals surface area (Å²) in [5, 5.41) is 33.0. The summed E-state index contributed by atoms with van der Waals surface area (Å²) in [5.41, 5.74) is 1.17. The van der Waals surface area contributed by atoms with Gasteiger partial charge in [-0.3, -0.25) is 20.2 Å². The van der Waals surface area contributed by atoms with Crippen LogP contribution in [0.2, 0.25) is 0 Å². The zero-order valence-electron chi connectivity index (χ0n) is 12.0. The largest absolute Gasteiger partial charge is 0.508 e. The van der Waals surface area contributed by atoms with Gasteiger partial charge in [0.25, 0.3) is 5.69 Å². The number of aromatic amines is 1. The molecule has 0 aliphatic carbocycles. The zero-order valence-corrected chi connectivity index (χ0v) is 13.6. The number of aromatic hydroxyl groups is 1. The van der Waals surface area contributed by atoms with Crippen LogP contribution in [0.5, 0.6) is 5.75 Å². The molecule has 2 heterocycles. The Hall–Kier alpha value is -2.36. The predicted octanol–water partition coefficient (Wildman–Crippen LogP) is 1.56. The first kappa shape index (κ1) is 19.7. The number of hydrogen-bond acceptors (Lipinski definition) is 6. The highest BCUT2D eigenvalue weighted by atomic mass is 35.5. The van der Waals surface area contributed by atoms with Gasteiger partial charge in [-0.05, 0) is 6.07 Å². The van der Waals surface area contributed by atoms with E-state index in [9.17, 15) is 25.1 Å². The van der Waals surface area contributed by atoms with Gasteiger partial charge in [0.1, 0.15) is 11.8 Å². The maximum atomic E-state index is 11.3. The third-order valence-corrected chi connectivity index (χ3v) is 3.63. The molecule has 2 aromatic rings. The van der Waals surface area contributed by atoms with Crippen molar-refractivity contribution in [2.24, 2.45) is 0 Å². The molecular weight excluding hydrogens is 363 g/mol. The number of nitro benzene ring substituents is 1. The van der Waals surface area contributed by atoms with Crippen molar-refractivity contribution in [1.82, 2.24) is 15.3 Å². The number of aliphatic carboxylic acids is 1.